The summed E-state index contributed by atoms with van der Waals surface area (Å²) in [6.07, 6.45) is 0.542. The van der Waals surface area contributed by atoms with Crippen molar-refractivity contribution >= 4 is 11.6 Å². The van der Waals surface area contributed by atoms with Crippen molar-refractivity contribution in [2.24, 2.45) is 5.73 Å². The number of halogens is 2. The van der Waals surface area contributed by atoms with E-state index in [1.165, 1.54) is 6.07 Å². The molecule has 0 spiro atoms. The lowest BCUT2D eigenvalue weighted by Crippen LogP contribution is -2.12. The maximum absolute atomic E-state index is 13.4. The third-order valence-electron chi connectivity index (χ3n) is 1.94. The molecule has 1 aromatic rings. The van der Waals surface area contributed by atoms with Gasteiger partial charge in [-0.25, -0.2) is 4.39 Å². The summed E-state index contributed by atoms with van der Waals surface area (Å²) in [4.78, 5) is 0. The lowest BCUT2D eigenvalue weighted by molar-refractivity contribution is 0.580. The van der Waals surface area contributed by atoms with Gasteiger partial charge in [0.05, 0.1) is 0 Å². The molecule has 1 aromatic carbocycles. The predicted molar refractivity (Wildman–Crippen MR) is 57.8 cm³/mol. The molecule has 0 aliphatic carbocycles. The fourth-order valence-corrected chi connectivity index (χ4v) is 1.65. The van der Waals surface area contributed by atoms with Gasteiger partial charge in [-0.15, -0.1) is 6.58 Å². The van der Waals surface area contributed by atoms with E-state index in [1.54, 1.807) is 12.1 Å². The van der Waals surface area contributed by atoms with E-state index >= 15 is 0 Å². The molecule has 1 nitrogen and oxygen atoms in total. The monoisotopic (exact) mass is 213 g/mol. The van der Waals surface area contributed by atoms with Crippen LogP contribution in [-0.4, -0.2) is 0 Å². The minimum atomic E-state index is -0.416. The molecule has 0 fully saturated rings. The highest BCUT2D eigenvalue weighted by atomic mass is 35.5. The van der Waals surface area contributed by atoms with Crippen LogP contribution < -0.4 is 5.73 Å². The van der Waals surface area contributed by atoms with Crippen LogP contribution >= 0.6 is 11.6 Å². The molecular weight excluding hydrogens is 201 g/mol. The minimum absolute atomic E-state index is 0.355. The molecule has 0 saturated carbocycles. The van der Waals surface area contributed by atoms with Crippen LogP contribution in [0.2, 0.25) is 5.02 Å². The molecular formula is C11H13ClFN. The van der Waals surface area contributed by atoms with Crippen LogP contribution in [0.4, 0.5) is 4.39 Å². The first-order valence-corrected chi connectivity index (χ1v) is 4.74. The number of benzene rings is 1. The smallest absolute Gasteiger partial charge is 0.129 e. The number of hydrogen-bond acceptors (Lipinski definition) is 1. The summed E-state index contributed by atoms with van der Waals surface area (Å²) in [6, 6.07) is 4.15. The van der Waals surface area contributed by atoms with Gasteiger partial charge < -0.3 is 5.73 Å². The normalized spacial score (nSPS) is 12.6. The van der Waals surface area contributed by atoms with Gasteiger partial charge in [-0.2, -0.15) is 0 Å². The Kier molecular flexibility index (Phi) is 3.67. The fraction of sp³-hybridized carbons (Fsp3) is 0.273. The Hall–Kier alpha value is -0.860. The minimum Gasteiger partial charge on any atom is -0.324 e. The number of rotatable bonds is 3. The summed E-state index contributed by atoms with van der Waals surface area (Å²) in [5.74, 6) is -0.355. The highest BCUT2D eigenvalue weighted by molar-refractivity contribution is 6.31. The van der Waals surface area contributed by atoms with E-state index in [-0.39, 0.29) is 5.82 Å². The molecule has 0 radical (unpaired) electrons. The topological polar surface area (TPSA) is 26.0 Å². The molecule has 0 saturated heterocycles. The van der Waals surface area contributed by atoms with E-state index in [0.29, 0.717) is 17.0 Å². The first-order chi connectivity index (χ1) is 6.52. The van der Waals surface area contributed by atoms with Crippen molar-refractivity contribution in [1.29, 1.82) is 0 Å². The molecule has 1 atom stereocenters. The third-order valence-corrected chi connectivity index (χ3v) is 2.27. The summed E-state index contributed by atoms with van der Waals surface area (Å²) in [7, 11) is 0. The highest BCUT2D eigenvalue weighted by Gasteiger charge is 2.14. The quantitative estimate of drug-likeness (QED) is 0.765. The Morgan fingerprint density at radius 3 is 2.79 bits per heavy atom. The second kappa shape index (κ2) is 4.58. The van der Waals surface area contributed by atoms with Crippen molar-refractivity contribution in [2.45, 2.75) is 19.4 Å². The van der Waals surface area contributed by atoms with Crippen LogP contribution in [0.3, 0.4) is 0 Å². The summed E-state index contributed by atoms with van der Waals surface area (Å²) < 4.78 is 13.4. The van der Waals surface area contributed by atoms with Gasteiger partial charge in [-0.1, -0.05) is 23.2 Å². The van der Waals surface area contributed by atoms with Crippen molar-refractivity contribution in [3.8, 4) is 0 Å². The molecule has 2 N–H and O–H groups in total. The van der Waals surface area contributed by atoms with Crippen LogP contribution in [-0.2, 0) is 0 Å². The van der Waals surface area contributed by atoms with Gasteiger partial charge in [-0.05, 0) is 25.5 Å². The molecule has 0 bridgehead atoms. The van der Waals surface area contributed by atoms with Crippen molar-refractivity contribution in [3.05, 3.63) is 46.8 Å². The molecule has 14 heavy (non-hydrogen) atoms. The standard InChI is InChI=1S/C11H13ClFN/c1-7(2)6-10(14)11-8(12)4-3-5-9(11)13/h3-5,10H,1,6,14H2,2H3/t10-/m1/s1. The van der Waals surface area contributed by atoms with Gasteiger partial charge in [0, 0.05) is 16.6 Å². The van der Waals surface area contributed by atoms with E-state index in [0.717, 1.165) is 5.57 Å². The zero-order valence-corrected chi connectivity index (χ0v) is 8.81. The van der Waals surface area contributed by atoms with Crippen LogP contribution in [0.5, 0.6) is 0 Å². The Morgan fingerprint density at radius 2 is 2.29 bits per heavy atom. The van der Waals surface area contributed by atoms with Gasteiger partial charge in [0.2, 0.25) is 0 Å². The molecule has 0 amide bonds. The maximum Gasteiger partial charge on any atom is 0.129 e. The second-order valence-corrected chi connectivity index (χ2v) is 3.81. The summed E-state index contributed by atoms with van der Waals surface area (Å²) in [6.45, 7) is 5.59. The Labute approximate surface area is 88.4 Å². The van der Waals surface area contributed by atoms with E-state index < -0.39 is 6.04 Å². The largest absolute Gasteiger partial charge is 0.324 e. The maximum atomic E-state index is 13.4. The van der Waals surface area contributed by atoms with Gasteiger partial charge in [0.1, 0.15) is 5.82 Å². The number of nitrogens with two attached hydrogens (primary N) is 1. The van der Waals surface area contributed by atoms with Crippen molar-refractivity contribution < 1.29 is 4.39 Å². The van der Waals surface area contributed by atoms with Crippen molar-refractivity contribution in [3.63, 3.8) is 0 Å². The Balaban J connectivity index is 2.99. The molecule has 0 unspecified atom stereocenters. The van der Waals surface area contributed by atoms with E-state index in [9.17, 15) is 4.39 Å². The number of hydrogen-bond donors (Lipinski definition) is 1. The van der Waals surface area contributed by atoms with E-state index in [2.05, 4.69) is 6.58 Å². The van der Waals surface area contributed by atoms with Crippen molar-refractivity contribution in [2.75, 3.05) is 0 Å². The molecule has 0 heterocycles. The molecule has 0 aromatic heterocycles. The first kappa shape index (κ1) is 11.2. The van der Waals surface area contributed by atoms with Crippen LogP contribution in [0.1, 0.15) is 24.9 Å². The second-order valence-electron chi connectivity index (χ2n) is 3.40. The van der Waals surface area contributed by atoms with Crippen LogP contribution in [0.15, 0.2) is 30.4 Å². The summed E-state index contributed by atoms with van der Waals surface area (Å²) in [5.41, 5.74) is 7.10. The lowest BCUT2D eigenvalue weighted by Gasteiger charge is -2.14. The Bertz CT molecular complexity index is 329. The zero-order chi connectivity index (χ0) is 10.7. The lowest BCUT2D eigenvalue weighted by atomic mass is 10.0. The zero-order valence-electron chi connectivity index (χ0n) is 8.06. The molecule has 0 aliphatic heterocycles. The average molecular weight is 214 g/mol. The fourth-order valence-electron chi connectivity index (χ4n) is 1.34. The van der Waals surface area contributed by atoms with Gasteiger partial charge in [0.25, 0.3) is 0 Å². The van der Waals surface area contributed by atoms with E-state index in [1.807, 2.05) is 6.92 Å². The first-order valence-electron chi connectivity index (χ1n) is 4.36. The molecule has 76 valence electrons. The van der Waals surface area contributed by atoms with Gasteiger partial charge >= 0.3 is 0 Å². The van der Waals surface area contributed by atoms with Gasteiger partial charge in [0.15, 0.2) is 0 Å². The summed E-state index contributed by atoms with van der Waals surface area (Å²) >= 11 is 5.86. The third kappa shape index (κ3) is 2.56. The van der Waals surface area contributed by atoms with Crippen molar-refractivity contribution in [1.82, 2.24) is 0 Å². The highest BCUT2D eigenvalue weighted by Crippen LogP contribution is 2.27. The average Bonchev–Trinajstić information content (AvgIpc) is 2.01. The van der Waals surface area contributed by atoms with Crippen LogP contribution in [0, 0.1) is 5.82 Å². The van der Waals surface area contributed by atoms with Crippen LogP contribution in [0.25, 0.3) is 0 Å². The molecule has 3 heteroatoms. The Morgan fingerprint density at radius 1 is 1.64 bits per heavy atom. The predicted octanol–water partition coefficient (Wildman–Crippen LogP) is 3.45. The molecule has 0 aliphatic rings. The van der Waals surface area contributed by atoms with E-state index in [4.69, 9.17) is 17.3 Å². The summed E-state index contributed by atoms with van der Waals surface area (Å²) in [5, 5.41) is 0.374. The SMILES string of the molecule is C=C(C)C[C@@H](N)c1c(F)cccc1Cl. The molecule has 1 rings (SSSR count). The van der Waals surface area contributed by atoms with Gasteiger partial charge in [-0.3, -0.25) is 0 Å².